The van der Waals surface area contributed by atoms with E-state index in [9.17, 15) is 0 Å². The molecule has 4 heteroatoms. The van der Waals surface area contributed by atoms with Crippen molar-refractivity contribution < 1.29 is 0 Å². The first-order chi connectivity index (χ1) is 27.8. The van der Waals surface area contributed by atoms with Crippen LogP contribution in [0.3, 0.4) is 0 Å². The highest BCUT2D eigenvalue weighted by Crippen LogP contribution is 2.51. The molecular formula is C52H35N3S. The highest BCUT2D eigenvalue weighted by Gasteiger charge is 2.26. The summed E-state index contributed by atoms with van der Waals surface area (Å²) in [4.78, 5) is 13.1. The van der Waals surface area contributed by atoms with E-state index in [1.807, 2.05) is 23.5 Å². The first kappa shape index (κ1) is 33.4. The maximum absolute atomic E-state index is 5.30. The van der Waals surface area contributed by atoms with Gasteiger partial charge in [0.05, 0.1) is 22.8 Å². The fourth-order valence-electron chi connectivity index (χ4n) is 7.68. The van der Waals surface area contributed by atoms with Gasteiger partial charge in [0.2, 0.25) is 0 Å². The van der Waals surface area contributed by atoms with E-state index in [0.29, 0.717) is 5.82 Å². The summed E-state index contributed by atoms with van der Waals surface area (Å²) in [6.45, 7) is 0. The number of anilines is 3. The highest BCUT2D eigenvalue weighted by molar-refractivity contribution is 7.26. The van der Waals surface area contributed by atoms with Gasteiger partial charge in [0.25, 0.3) is 0 Å². The number of rotatable bonds is 8. The van der Waals surface area contributed by atoms with Crippen LogP contribution < -0.4 is 4.90 Å². The molecule has 0 aliphatic rings. The molecule has 2 heterocycles. The average molecular weight is 734 g/mol. The van der Waals surface area contributed by atoms with Gasteiger partial charge in [-0.15, -0.1) is 11.3 Å². The van der Waals surface area contributed by atoms with Crippen LogP contribution in [0.5, 0.6) is 0 Å². The molecule has 0 spiro atoms. The normalized spacial score (nSPS) is 11.2. The SMILES string of the molecule is c1ccc(-c2cc(-c3ccccc3)nc(-c3cc(-c4ccccc4)c(N(c4ccccc4)c4cccc5sc6ccccc6c45)c(-c4ccccc4)c3)n2)cc1. The number of para-hydroxylation sites is 1. The Labute approximate surface area is 330 Å². The molecule has 0 bridgehead atoms. The molecule has 0 radical (unpaired) electrons. The van der Waals surface area contributed by atoms with Gasteiger partial charge in [-0.05, 0) is 59.7 Å². The van der Waals surface area contributed by atoms with Gasteiger partial charge in [-0.2, -0.15) is 0 Å². The van der Waals surface area contributed by atoms with Crippen molar-refractivity contribution >= 4 is 48.6 Å². The summed E-state index contributed by atoms with van der Waals surface area (Å²) in [6, 6.07) is 75.1. The average Bonchev–Trinajstić information content (AvgIpc) is 3.67. The van der Waals surface area contributed by atoms with Gasteiger partial charge < -0.3 is 4.90 Å². The molecular weight excluding hydrogens is 699 g/mol. The molecule has 10 aromatic rings. The Morgan fingerprint density at radius 1 is 0.375 bits per heavy atom. The third kappa shape index (κ3) is 6.22. The Hall–Kier alpha value is -7.14. The van der Waals surface area contributed by atoms with Crippen molar-refractivity contribution in [2.24, 2.45) is 0 Å². The fourth-order valence-corrected chi connectivity index (χ4v) is 8.80. The third-order valence-corrected chi connectivity index (χ3v) is 11.4. The molecule has 0 aliphatic heterocycles. The van der Waals surface area contributed by atoms with Gasteiger partial charge in [-0.1, -0.05) is 164 Å². The largest absolute Gasteiger partial charge is 0.309 e. The lowest BCUT2D eigenvalue weighted by molar-refractivity contribution is 1.18. The molecule has 0 aliphatic carbocycles. The standard InChI is InChI=1S/C52H35N3S/c1-6-19-36(20-7-1)43-33-40(52-53-45(38-23-10-3-11-24-38)35-46(54-52)39-25-12-4-13-26-39)34-44(37-21-8-2-9-22-37)51(43)55(41-27-14-5-15-28-41)47-30-18-32-49-50(47)42-29-16-17-31-48(42)56-49/h1-35H. The van der Waals surface area contributed by atoms with Crippen LogP contribution in [0.4, 0.5) is 17.1 Å². The first-order valence-electron chi connectivity index (χ1n) is 18.8. The predicted molar refractivity (Wildman–Crippen MR) is 237 cm³/mol. The summed E-state index contributed by atoms with van der Waals surface area (Å²) in [7, 11) is 0. The number of hydrogen-bond donors (Lipinski definition) is 0. The second-order valence-electron chi connectivity index (χ2n) is 13.8. The zero-order valence-corrected chi connectivity index (χ0v) is 31.3. The fraction of sp³-hybridized carbons (Fsp3) is 0. The summed E-state index contributed by atoms with van der Waals surface area (Å²) in [6.07, 6.45) is 0. The lowest BCUT2D eigenvalue weighted by Crippen LogP contribution is -2.13. The minimum absolute atomic E-state index is 0.670. The zero-order valence-electron chi connectivity index (χ0n) is 30.5. The maximum atomic E-state index is 5.30. The third-order valence-electron chi connectivity index (χ3n) is 10.3. The number of benzene rings is 8. The Balaban J connectivity index is 1.32. The van der Waals surface area contributed by atoms with Crippen molar-refractivity contribution in [1.29, 1.82) is 0 Å². The monoisotopic (exact) mass is 733 g/mol. The molecule has 10 rings (SSSR count). The number of fused-ring (bicyclic) bond motifs is 3. The summed E-state index contributed by atoms with van der Waals surface area (Å²) in [5, 5.41) is 2.49. The number of thiophene rings is 1. The van der Waals surface area contributed by atoms with Crippen LogP contribution in [-0.4, -0.2) is 9.97 Å². The second-order valence-corrected chi connectivity index (χ2v) is 14.8. The van der Waals surface area contributed by atoms with Gasteiger partial charge >= 0.3 is 0 Å². The van der Waals surface area contributed by atoms with E-state index < -0.39 is 0 Å². The van der Waals surface area contributed by atoms with Crippen molar-refractivity contribution in [3.8, 4) is 56.2 Å². The van der Waals surface area contributed by atoms with Crippen molar-refractivity contribution in [3.05, 3.63) is 212 Å². The number of aromatic nitrogens is 2. The lowest BCUT2D eigenvalue weighted by atomic mass is 9.91. The first-order valence-corrected chi connectivity index (χ1v) is 19.6. The smallest absolute Gasteiger partial charge is 0.160 e. The van der Waals surface area contributed by atoms with Crippen LogP contribution in [0.15, 0.2) is 212 Å². The summed E-state index contributed by atoms with van der Waals surface area (Å²) < 4.78 is 2.53. The van der Waals surface area contributed by atoms with Crippen LogP contribution >= 0.6 is 11.3 Å². The van der Waals surface area contributed by atoms with E-state index in [-0.39, 0.29) is 0 Å². The van der Waals surface area contributed by atoms with Gasteiger partial charge in [-0.25, -0.2) is 9.97 Å². The van der Waals surface area contributed by atoms with Crippen molar-refractivity contribution in [2.45, 2.75) is 0 Å². The number of nitrogens with zero attached hydrogens (tertiary/aromatic N) is 3. The van der Waals surface area contributed by atoms with Crippen molar-refractivity contribution in [2.75, 3.05) is 4.90 Å². The van der Waals surface area contributed by atoms with E-state index in [1.54, 1.807) is 0 Å². The van der Waals surface area contributed by atoms with Crippen LogP contribution in [0.2, 0.25) is 0 Å². The summed E-state index contributed by atoms with van der Waals surface area (Å²) >= 11 is 1.84. The Morgan fingerprint density at radius 2 is 0.839 bits per heavy atom. The molecule has 3 nitrogen and oxygen atoms in total. The Morgan fingerprint density at radius 3 is 1.39 bits per heavy atom. The molecule has 0 saturated heterocycles. The minimum Gasteiger partial charge on any atom is -0.309 e. The molecule has 0 atom stereocenters. The van der Waals surface area contributed by atoms with Gasteiger partial charge in [-0.3, -0.25) is 0 Å². The van der Waals surface area contributed by atoms with Gasteiger partial charge in [0.1, 0.15) is 0 Å². The highest BCUT2D eigenvalue weighted by atomic mass is 32.1. The Bertz CT molecular complexity index is 2830. The van der Waals surface area contributed by atoms with Crippen LogP contribution in [0, 0.1) is 0 Å². The maximum Gasteiger partial charge on any atom is 0.160 e. The van der Waals surface area contributed by atoms with E-state index in [4.69, 9.17) is 9.97 Å². The van der Waals surface area contributed by atoms with Gasteiger partial charge in [0.15, 0.2) is 5.82 Å². The predicted octanol–water partition coefficient (Wildman–Crippen LogP) is 14.6. The van der Waals surface area contributed by atoms with Crippen LogP contribution in [0.1, 0.15) is 0 Å². The zero-order chi connectivity index (χ0) is 37.3. The van der Waals surface area contributed by atoms with Crippen LogP contribution in [-0.2, 0) is 0 Å². The van der Waals surface area contributed by atoms with E-state index in [1.165, 1.54) is 20.2 Å². The van der Waals surface area contributed by atoms with Crippen LogP contribution in [0.25, 0.3) is 76.3 Å². The quantitative estimate of drug-likeness (QED) is 0.156. The van der Waals surface area contributed by atoms with E-state index in [2.05, 4.69) is 205 Å². The topological polar surface area (TPSA) is 29.0 Å². The second kappa shape index (κ2) is 14.6. The van der Waals surface area contributed by atoms with Crippen molar-refractivity contribution in [3.63, 3.8) is 0 Å². The molecule has 0 amide bonds. The van der Waals surface area contributed by atoms with E-state index in [0.717, 1.165) is 67.4 Å². The molecule has 0 unspecified atom stereocenters. The molecule has 0 fully saturated rings. The lowest BCUT2D eigenvalue weighted by Gasteiger charge is -2.31. The molecule has 264 valence electrons. The molecule has 8 aromatic carbocycles. The van der Waals surface area contributed by atoms with Crippen molar-refractivity contribution in [1.82, 2.24) is 9.97 Å². The van der Waals surface area contributed by atoms with E-state index >= 15 is 0 Å². The molecule has 0 saturated carbocycles. The molecule has 0 N–H and O–H groups in total. The summed E-state index contributed by atoms with van der Waals surface area (Å²) in [5.74, 6) is 0.670. The van der Waals surface area contributed by atoms with Gasteiger partial charge in [0, 0.05) is 53.7 Å². The minimum atomic E-state index is 0.670. The summed E-state index contributed by atoms with van der Waals surface area (Å²) in [5.41, 5.74) is 12.4. The molecule has 56 heavy (non-hydrogen) atoms. The number of hydrogen-bond acceptors (Lipinski definition) is 4. The Kier molecular flexibility index (Phi) is 8.71. The molecule has 2 aromatic heterocycles.